The summed E-state index contributed by atoms with van der Waals surface area (Å²) >= 11 is 0. The van der Waals surface area contributed by atoms with Gasteiger partial charge in [0, 0.05) is 49.8 Å². The number of hydrazine groups is 1. The lowest BCUT2D eigenvalue weighted by Crippen LogP contribution is -2.56. The number of nitrogens with one attached hydrogen (secondary N) is 1. The molecule has 3 rings (SSSR count). The molecule has 1 heterocycles. The van der Waals surface area contributed by atoms with Gasteiger partial charge in [0.1, 0.15) is 31.2 Å². The Bertz CT molecular complexity index is 1040. The summed E-state index contributed by atoms with van der Waals surface area (Å²) in [5.74, 6) is 0.400. The SMILES string of the molecule is C=O.CCC=O.CNN(C=O)Cc1c(C)cccc1OCc1cccc(CN2CC(C)(C)OC(C)(C)C2)c1F. The summed E-state index contributed by atoms with van der Waals surface area (Å²) in [4.78, 5) is 30.7. The van der Waals surface area contributed by atoms with E-state index in [9.17, 15) is 9.59 Å². The summed E-state index contributed by atoms with van der Waals surface area (Å²) in [6.07, 6.45) is 2.24. The van der Waals surface area contributed by atoms with E-state index in [4.69, 9.17) is 14.3 Å². The topological polar surface area (TPSA) is 88.2 Å². The van der Waals surface area contributed by atoms with E-state index in [-0.39, 0.29) is 23.6 Å². The first-order valence-electron chi connectivity index (χ1n) is 13.0. The van der Waals surface area contributed by atoms with Crippen molar-refractivity contribution in [2.45, 2.75) is 78.9 Å². The van der Waals surface area contributed by atoms with Crippen LogP contribution in [-0.4, -0.2) is 60.7 Å². The van der Waals surface area contributed by atoms with Gasteiger partial charge in [-0.3, -0.25) is 14.7 Å². The average Bonchev–Trinajstić information content (AvgIpc) is 2.88. The molecule has 0 aliphatic carbocycles. The molecule has 0 saturated carbocycles. The fourth-order valence-electron chi connectivity index (χ4n) is 4.67. The molecule has 2 aromatic carbocycles. The Kier molecular flexibility index (Phi) is 14.0. The normalized spacial score (nSPS) is 15.6. The van der Waals surface area contributed by atoms with E-state index in [1.54, 1.807) is 13.1 Å². The lowest BCUT2D eigenvalue weighted by atomic mass is 9.98. The molecule has 2 aromatic rings. The van der Waals surface area contributed by atoms with Gasteiger partial charge in [-0.05, 0) is 46.2 Å². The molecule has 1 saturated heterocycles. The van der Waals surface area contributed by atoms with E-state index >= 15 is 4.39 Å². The summed E-state index contributed by atoms with van der Waals surface area (Å²) in [7, 11) is 1.69. The Balaban J connectivity index is 0.00000116. The molecule has 0 unspecified atom stereocenters. The minimum absolute atomic E-state index is 0.108. The Morgan fingerprint density at radius 3 is 2.18 bits per heavy atom. The molecule has 8 nitrogen and oxygen atoms in total. The molecule has 0 bridgehead atoms. The Labute approximate surface area is 232 Å². The second kappa shape index (κ2) is 16.1. The van der Waals surface area contributed by atoms with E-state index in [2.05, 4.69) is 38.0 Å². The number of aryl methyl sites for hydroxylation is 1. The van der Waals surface area contributed by atoms with Crippen LogP contribution in [0.25, 0.3) is 0 Å². The lowest BCUT2D eigenvalue weighted by Gasteiger charge is -2.47. The van der Waals surface area contributed by atoms with Crippen molar-refractivity contribution in [1.82, 2.24) is 15.3 Å². The number of rotatable bonds is 10. The highest BCUT2D eigenvalue weighted by Crippen LogP contribution is 2.30. The van der Waals surface area contributed by atoms with Gasteiger partial charge < -0.3 is 19.1 Å². The van der Waals surface area contributed by atoms with Crippen LogP contribution in [-0.2, 0) is 38.8 Å². The van der Waals surface area contributed by atoms with Crippen LogP contribution in [0.3, 0.4) is 0 Å². The van der Waals surface area contributed by atoms with Crippen molar-refractivity contribution in [3.63, 3.8) is 0 Å². The Morgan fingerprint density at radius 1 is 1.08 bits per heavy atom. The number of nitrogens with zero attached hydrogens (tertiary/aromatic N) is 2. The van der Waals surface area contributed by atoms with E-state index in [1.165, 1.54) is 5.01 Å². The minimum Gasteiger partial charge on any atom is -0.488 e. The molecule has 0 aromatic heterocycles. The quantitative estimate of drug-likeness (QED) is 0.345. The van der Waals surface area contributed by atoms with Crippen molar-refractivity contribution in [1.29, 1.82) is 0 Å². The summed E-state index contributed by atoms with van der Waals surface area (Å²) < 4.78 is 27.6. The maximum atomic E-state index is 15.4. The summed E-state index contributed by atoms with van der Waals surface area (Å²) in [5, 5.41) is 1.43. The van der Waals surface area contributed by atoms with E-state index in [0.29, 0.717) is 36.4 Å². The smallest absolute Gasteiger partial charge is 0.224 e. The predicted octanol–water partition coefficient (Wildman–Crippen LogP) is 4.61. The first-order valence-corrected chi connectivity index (χ1v) is 13.0. The highest BCUT2D eigenvalue weighted by Gasteiger charge is 2.38. The molecule has 1 aliphatic heterocycles. The standard InChI is InChI=1S/C26H36FN3O3.C3H6O.CH2O/c1-19-9-7-12-23(22(19)14-30(18-31)28-6)32-15-21-11-8-10-20(24(21)27)13-29-16-25(2,3)33-26(4,5)17-29;1-2-3-4;1-2/h7-12,18,28H,13-17H2,1-6H3;3H,2H2,1H3;1H2. The van der Waals surface area contributed by atoms with E-state index in [1.807, 2.05) is 51.0 Å². The van der Waals surface area contributed by atoms with Crippen LogP contribution in [0.15, 0.2) is 36.4 Å². The second-order valence-electron chi connectivity index (χ2n) is 10.5. The van der Waals surface area contributed by atoms with Gasteiger partial charge in [0.25, 0.3) is 0 Å². The lowest BCUT2D eigenvalue weighted by molar-refractivity contribution is -0.182. The number of carbonyl (C=O) groups excluding carboxylic acids is 3. The number of ether oxygens (including phenoxy) is 2. The maximum absolute atomic E-state index is 15.4. The van der Waals surface area contributed by atoms with Crippen LogP contribution in [0.4, 0.5) is 4.39 Å². The third-order valence-corrected chi connectivity index (χ3v) is 5.97. The third-order valence-electron chi connectivity index (χ3n) is 5.97. The van der Waals surface area contributed by atoms with Gasteiger partial charge in [-0.1, -0.05) is 37.3 Å². The largest absolute Gasteiger partial charge is 0.488 e. The van der Waals surface area contributed by atoms with Crippen LogP contribution in [0.2, 0.25) is 0 Å². The molecule has 1 amide bonds. The minimum atomic E-state index is -0.288. The summed E-state index contributed by atoms with van der Waals surface area (Å²) in [6, 6.07) is 11.2. The molecule has 9 heteroatoms. The molecule has 39 heavy (non-hydrogen) atoms. The van der Waals surface area contributed by atoms with Gasteiger partial charge in [-0.15, -0.1) is 0 Å². The summed E-state index contributed by atoms with van der Waals surface area (Å²) in [6.45, 7) is 16.5. The molecule has 0 spiro atoms. The van der Waals surface area contributed by atoms with Gasteiger partial charge in [0.05, 0.1) is 17.7 Å². The van der Waals surface area contributed by atoms with Gasteiger partial charge in [-0.2, -0.15) is 0 Å². The highest BCUT2D eigenvalue weighted by atomic mass is 19.1. The number of hydrogen-bond acceptors (Lipinski definition) is 7. The zero-order valence-electron chi connectivity index (χ0n) is 24.4. The highest BCUT2D eigenvalue weighted by molar-refractivity contribution is 5.49. The van der Waals surface area contributed by atoms with Crippen LogP contribution < -0.4 is 10.2 Å². The van der Waals surface area contributed by atoms with Crippen LogP contribution >= 0.6 is 0 Å². The monoisotopic (exact) mass is 545 g/mol. The van der Waals surface area contributed by atoms with Crippen molar-refractivity contribution in [3.05, 3.63) is 64.5 Å². The average molecular weight is 546 g/mol. The van der Waals surface area contributed by atoms with Crippen LogP contribution in [0.5, 0.6) is 5.75 Å². The van der Waals surface area contributed by atoms with Crippen molar-refractivity contribution >= 4 is 19.5 Å². The van der Waals surface area contributed by atoms with Crippen LogP contribution in [0.1, 0.15) is 63.3 Å². The fourth-order valence-corrected chi connectivity index (χ4v) is 4.67. The molecule has 1 fully saturated rings. The first-order chi connectivity index (χ1) is 18.4. The van der Waals surface area contributed by atoms with Crippen molar-refractivity contribution < 1.29 is 28.2 Å². The molecule has 1 aliphatic rings. The third kappa shape index (κ3) is 10.9. The van der Waals surface area contributed by atoms with Gasteiger partial charge in [0.15, 0.2) is 0 Å². The maximum Gasteiger partial charge on any atom is 0.224 e. The molecular weight excluding hydrogens is 501 g/mol. The second-order valence-corrected chi connectivity index (χ2v) is 10.5. The number of hydrogen-bond donors (Lipinski definition) is 1. The predicted molar refractivity (Wildman–Crippen MR) is 151 cm³/mol. The number of benzene rings is 2. The number of amides is 1. The number of morpholine rings is 1. The zero-order chi connectivity index (χ0) is 29.6. The van der Waals surface area contributed by atoms with Gasteiger partial charge in [-0.25, -0.2) is 9.82 Å². The van der Waals surface area contributed by atoms with Crippen molar-refractivity contribution in [2.75, 3.05) is 20.1 Å². The Hall–Kier alpha value is -3.14. The molecule has 0 radical (unpaired) electrons. The number of halogens is 1. The van der Waals surface area contributed by atoms with Gasteiger partial charge >= 0.3 is 0 Å². The van der Waals surface area contributed by atoms with E-state index in [0.717, 1.165) is 36.9 Å². The molecular formula is C30H44FN3O5. The Morgan fingerprint density at radius 2 is 1.64 bits per heavy atom. The molecule has 0 atom stereocenters. The number of aldehydes is 1. The zero-order valence-corrected chi connectivity index (χ0v) is 24.4. The van der Waals surface area contributed by atoms with Crippen molar-refractivity contribution in [3.8, 4) is 5.75 Å². The van der Waals surface area contributed by atoms with E-state index < -0.39 is 0 Å². The molecule has 1 N–H and O–H groups in total. The first kappa shape index (κ1) is 33.9. The number of carbonyl (C=O) groups is 3. The fraction of sp³-hybridized carbons (Fsp3) is 0.500. The molecule has 216 valence electrons. The van der Waals surface area contributed by atoms with Crippen molar-refractivity contribution in [2.24, 2.45) is 0 Å². The van der Waals surface area contributed by atoms with Gasteiger partial charge in [0.2, 0.25) is 6.41 Å². The van der Waals surface area contributed by atoms with Crippen LogP contribution in [0, 0.1) is 12.7 Å². The summed E-state index contributed by atoms with van der Waals surface area (Å²) in [5.41, 5.74) is 5.29.